The van der Waals surface area contributed by atoms with Gasteiger partial charge in [0.1, 0.15) is 5.03 Å². The van der Waals surface area contributed by atoms with Crippen LogP contribution in [0, 0.1) is 0 Å². The fourth-order valence-electron chi connectivity index (χ4n) is 2.14. The molecule has 23 heavy (non-hydrogen) atoms. The van der Waals surface area contributed by atoms with Gasteiger partial charge in [0.15, 0.2) is 10.8 Å². The predicted molar refractivity (Wildman–Crippen MR) is 92.2 cm³/mol. The highest BCUT2D eigenvalue weighted by atomic mass is 32.2. The molecule has 5 nitrogen and oxygen atoms in total. The lowest BCUT2D eigenvalue weighted by atomic mass is 10.2. The lowest BCUT2D eigenvalue weighted by Crippen LogP contribution is -1.89. The van der Waals surface area contributed by atoms with Gasteiger partial charge in [-0.25, -0.2) is 15.0 Å². The molecule has 0 saturated carbocycles. The van der Waals surface area contributed by atoms with E-state index in [4.69, 9.17) is 0 Å². The van der Waals surface area contributed by atoms with E-state index >= 15 is 0 Å². The number of nitrogens with zero attached hydrogens (tertiary/aromatic N) is 5. The molecule has 4 rings (SSSR count). The van der Waals surface area contributed by atoms with Crippen LogP contribution in [-0.4, -0.2) is 25.1 Å². The van der Waals surface area contributed by atoms with Crippen LogP contribution in [0.1, 0.15) is 5.69 Å². The first-order valence-electron chi connectivity index (χ1n) is 6.95. The van der Waals surface area contributed by atoms with E-state index in [2.05, 4.69) is 31.2 Å². The van der Waals surface area contributed by atoms with Crippen LogP contribution in [0.4, 0.5) is 0 Å². The summed E-state index contributed by atoms with van der Waals surface area (Å²) in [5.41, 5.74) is 0.997. The Hall–Kier alpha value is -2.38. The Morgan fingerprint density at radius 2 is 1.91 bits per heavy atom. The molecule has 0 aliphatic carbocycles. The summed E-state index contributed by atoms with van der Waals surface area (Å²) in [5.74, 6) is 1.41. The normalized spacial score (nSPS) is 11.0. The SMILES string of the molecule is c1cnc(-c2nc(CSc3nncc4ccccc34)cs2)nc1. The van der Waals surface area contributed by atoms with E-state index in [1.807, 2.05) is 23.6 Å². The van der Waals surface area contributed by atoms with Gasteiger partial charge in [0.05, 0.1) is 11.9 Å². The quantitative estimate of drug-likeness (QED) is 0.527. The van der Waals surface area contributed by atoms with E-state index in [1.54, 1.807) is 47.8 Å². The second-order valence-corrected chi connectivity index (χ2v) is 6.56. The molecule has 0 radical (unpaired) electrons. The van der Waals surface area contributed by atoms with Crippen molar-refractivity contribution in [3.63, 3.8) is 0 Å². The van der Waals surface area contributed by atoms with Crippen LogP contribution in [0.2, 0.25) is 0 Å². The molecule has 0 aliphatic heterocycles. The molecule has 0 unspecified atom stereocenters. The van der Waals surface area contributed by atoms with Crippen molar-refractivity contribution >= 4 is 33.9 Å². The maximum Gasteiger partial charge on any atom is 0.188 e. The van der Waals surface area contributed by atoms with E-state index in [9.17, 15) is 0 Å². The molecule has 1 aromatic carbocycles. The van der Waals surface area contributed by atoms with Gasteiger partial charge in [-0.15, -0.1) is 16.4 Å². The van der Waals surface area contributed by atoms with Crippen LogP contribution in [0.25, 0.3) is 21.6 Å². The minimum atomic E-state index is 0.665. The summed E-state index contributed by atoms with van der Waals surface area (Å²) in [7, 11) is 0. The van der Waals surface area contributed by atoms with Crippen LogP contribution < -0.4 is 0 Å². The minimum Gasteiger partial charge on any atom is -0.237 e. The fourth-order valence-corrected chi connectivity index (χ4v) is 3.88. The van der Waals surface area contributed by atoms with Gasteiger partial charge in [0.2, 0.25) is 0 Å². The Kier molecular flexibility index (Phi) is 3.95. The minimum absolute atomic E-state index is 0.665. The van der Waals surface area contributed by atoms with Crippen LogP contribution in [0.5, 0.6) is 0 Å². The third-order valence-corrected chi connectivity index (χ3v) is 5.10. The third kappa shape index (κ3) is 3.06. The fraction of sp³-hybridized carbons (Fsp3) is 0.0625. The molecule has 0 aliphatic rings. The second-order valence-electron chi connectivity index (χ2n) is 4.74. The first kappa shape index (κ1) is 14.2. The van der Waals surface area contributed by atoms with Crippen molar-refractivity contribution in [2.24, 2.45) is 0 Å². The van der Waals surface area contributed by atoms with Gasteiger partial charge >= 0.3 is 0 Å². The summed E-state index contributed by atoms with van der Waals surface area (Å²) in [4.78, 5) is 13.1. The molecule has 0 amide bonds. The number of rotatable bonds is 4. The molecule has 3 aromatic heterocycles. The largest absolute Gasteiger partial charge is 0.237 e. The van der Waals surface area contributed by atoms with Crippen LogP contribution in [0.15, 0.2) is 59.3 Å². The summed E-state index contributed by atoms with van der Waals surface area (Å²) in [6, 6.07) is 9.93. The van der Waals surface area contributed by atoms with Crippen LogP contribution >= 0.6 is 23.1 Å². The molecule has 0 spiro atoms. The van der Waals surface area contributed by atoms with Crippen LogP contribution in [0.3, 0.4) is 0 Å². The number of aromatic nitrogens is 5. The number of hydrogen-bond acceptors (Lipinski definition) is 7. The lowest BCUT2D eigenvalue weighted by molar-refractivity contribution is 0.955. The average molecular weight is 337 g/mol. The number of benzene rings is 1. The van der Waals surface area contributed by atoms with Gasteiger partial charge in [-0.1, -0.05) is 36.0 Å². The van der Waals surface area contributed by atoms with Gasteiger partial charge in [0.25, 0.3) is 0 Å². The lowest BCUT2D eigenvalue weighted by Gasteiger charge is -2.02. The number of fused-ring (bicyclic) bond motifs is 1. The smallest absolute Gasteiger partial charge is 0.188 e. The summed E-state index contributed by atoms with van der Waals surface area (Å²) >= 11 is 3.20. The predicted octanol–water partition coefficient (Wildman–Crippen LogP) is 3.84. The standard InChI is InChI=1S/C16H11N5S2/c1-2-5-13-11(4-1)8-19-21-15(13)22-9-12-10-23-16(20-12)14-17-6-3-7-18-14/h1-8,10H,9H2. The van der Waals surface area contributed by atoms with Gasteiger partial charge < -0.3 is 0 Å². The van der Waals surface area contributed by atoms with Crippen molar-refractivity contribution in [3.8, 4) is 10.8 Å². The van der Waals surface area contributed by atoms with Gasteiger partial charge in [-0.3, -0.25) is 0 Å². The second kappa shape index (κ2) is 6.39. The van der Waals surface area contributed by atoms with Crippen molar-refractivity contribution in [1.29, 1.82) is 0 Å². The summed E-state index contributed by atoms with van der Waals surface area (Å²) in [5, 5.41) is 14.3. The molecule has 0 fully saturated rings. The van der Waals surface area contributed by atoms with E-state index in [0.717, 1.165) is 32.3 Å². The molecular formula is C16H11N5S2. The Morgan fingerprint density at radius 3 is 2.83 bits per heavy atom. The van der Waals surface area contributed by atoms with Gasteiger partial charge in [0, 0.05) is 34.3 Å². The van der Waals surface area contributed by atoms with E-state index in [1.165, 1.54) is 0 Å². The summed E-state index contributed by atoms with van der Waals surface area (Å²) in [6.45, 7) is 0. The van der Waals surface area contributed by atoms with E-state index < -0.39 is 0 Å². The Balaban J connectivity index is 1.54. The van der Waals surface area contributed by atoms with E-state index in [0.29, 0.717) is 5.82 Å². The number of thioether (sulfide) groups is 1. The third-order valence-electron chi connectivity index (χ3n) is 3.20. The monoisotopic (exact) mass is 337 g/mol. The molecule has 3 heterocycles. The van der Waals surface area contributed by atoms with Crippen molar-refractivity contribution in [2.75, 3.05) is 0 Å². The topological polar surface area (TPSA) is 64.5 Å². The molecule has 0 bridgehead atoms. The molecule has 0 N–H and O–H groups in total. The van der Waals surface area contributed by atoms with Gasteiger partial charge in [-0.05, 0) is 6.07 Å². The Labute approximate surface area is 140 Å². The van der Waals surface area contributed by atoms with E-state index in [-0.39, 0.29) is 0 Å². The molecule has 0 atom stereocenters. The zero-order valence-electron chi connectivity index (χ0n) is 12.0. The number of hydrogen-bond donors (Lipinski definition) is 0. The highest BCUT2D eigenvalue weighted by Crippen LogP contribution is 2.29. The van der Waals surface area contributed by atoms with Crippen molar-refractivity contribution in [3.05, 3.63) is 60.0 Å². The Bertz CT molecular complexity index is 934. The molecule has 112 valence electrons. The van der Waals surface area contributed by atoms with Crippen molar-refractivity contribution < 1.29 is 0 Å². The molecule has 7 heteroatoms. The first-order chi connectivity index (χ1) is 11.4. The first-order valence-corrected chi connectivity index (χ1v) is 8.82. The van der Waals surface area contributed by atoms with Gasteiger partial charge in [-0.2, -0.15) is 5.10 Å². The van der Waals surface area contributed by atoms with Crippen molar-refractivity contribution in [2.45, 2.75) is 10.8 Å². The number of thiazole rings is 1. The highest BCUT2D eigenvalue weighted by Gasteiger charge is 2.09. The highest BCUT2D eigenvalue weighted by molar-refractivity contribution is 7.98. The summed E-state index contributed by atoms with van der Waals surface area (Å²) in [6.07, 6.45) is 5.24. The maximum absolute atomic E-state index is 4.60. The van der Waals surface area contributed by atoms with Crippen LogP contribution in [-0.2, 0) is 5.75 Å². The summed E-state index contributed by atoms with van der Waals surface area (Å²) < 4.78 is 0. The average Bonchev–Trinajstić information content (AvgIpc) is 3.10. The maximum atomic E-state index is 4.60. The molecular weight excluding hydrogens is 326 g/mol. The molecule has 4 aromatic rings. The zero-order chi connectivity index (χ0) is 15.5. The van der Waals surface area contributed by atoms with Crippen molar-refractivity contribution in [1.82, 2.24) is 25.1 Å². The molecule has 0 saturated heterocycles. The Morgan fingerprint density at radius 1 is 1.04 bits per heavy atom. The zero-order valence-corrected chi connectivity index (χ0v) is 13.6.